The molecule has 108 valence electrons. The molecule has 18 heavy (non-hydrogen) atoms. The van der Waals surface area contributed by atoms with Gasteiger partial charge in [-0.15, -0.1) is 6.58 Å². The van der Waals surface area contributed by atoms with E-state index in [1.807, 2.05) is 6.08 Å². The van der Waals surface area contributed by atoms with E-state index < -0.39 is 0 Å². The molecule has 0 N–H and O–H groups in total. The van der Waals surface area contributed by atoms with Crippen molar-refractivity contribution in [1.29, 1.82) is 0 Å². The highest BCUT2D eigenvalue weighted by atomic mass is 28.3. The average molecular weight is 321 g/mol. The summed E-state index contributed by atoms with van der Waals surface area (Å²) in [5, 5.41) is 0. The average Bonchev–Trinajstić information content (AvgIpc) is 2.39. The lowest BCUT2D eigenvalue weighted by Crippen LogP contribution is -2.03. The third kappa shape index (κ3) is 16.5. The van der Waals surface area contributed by atoms with E-state index in [2.05, 4.69) is 6.58 Å². The second-order valence-electron chi connectivity index (χ2n) is 4.86. The molecule has 0 radical (unpaired) electrons. The predicted octanol–water partition coefficient (Wildman–Crippen LogP) is 0.723. The van der Waals surface area contributed by atoms with Gasteiger partial charge in [0.05, 0.1) is 0 Å². The van der Waals surface area contributed by atoms with Crippen LogP contribution in [0.1, 0.15) is 44.9 Å². The van der Waals surface area contributed by atoms with Crippen LogP contribution >= 0.6 is 0 Å². The predicted molar refractivity (Wildman–Crippen MR) is 94.7 cm³/mol. The summed E-state index contributed by atoms with van der Waals surface area (Å²) in [7, 11) is 0.579. The van der Waals surface area contributed by atoms with Crippen molar-refractivity contribution >= 4 is 39.8 Å². The van der Waals surface area contributed by atoms with Crippen LogP contribution in [0.3, 0.4) is 0 Å². The van der Waals surface area contributed by atoms with Crippen LogP contribution in [-0.4, -0.2) is 39.8 Å². The van der Waals surface area contributed by atoms with Gasteiger partial charge < -0.3 is 8.23 Å². The molecule has 0 amide bonds. The van der Waals surface area contributed by atoms with E-state index in [-0.39, 0.29) is 29.3 Å². The molecule has 0 saturated carbocycles. The number of hydrogen-bond donors (Lipinski definition) is 0. The van der Waals surface area contributed by atoms with Crippen LogP contribution in [0.25, 0.3) is 0 Å². The van der Waals surface area contributed by atoms with E-state index in [9.17, 15) is 0 Å². The normalized spacial score (nSPS) is 12.9. The molecule has 0 bridgehead atoms. The summed E-state index contributed by atoms with van der Waals surface area (Å²) in [6, 6.07) is 4.19. The van der Waals surface area contributed by atoms with Gasteiger partial charge in [0.1, 0.15) is 39.8 Å². The Morgan fingerprint density at radius 3 is 1.94 bits per heavy atom. The molecule has 0 spiro atoms. The van der Waals surface area contributed by atoms with Crippen molar-refractivity contribution in [2.75, 3.05) is 0 Å². The van der Waals surface area contributed by atoms with Gasteiger partial charge in [-0.25, -0.2) is 0 Å². The molecular formula is C12H32O2Si4. The zero-order valence-corrected chi connectivity index (χ0v) is 18.5. The van der Waals surface area contributed by atoms with Gasteiger partial charge in [-0.2, -0.15) is 0 Å². The zero-order valence-electron chi connectivity index (χ0n) is 12.3. The number of allylic oxidation sites excluding steroid dienone is 1. The van der Waals surface area contributed by atoms with Crippen molar-refractivity contribution in [3.63, 3.8) is 0 Å². The third-order valence-corrected chi connectivity index (χ3v) is 9.39. The van der Waals surface area contributed by atoms with Crippen LogP contribution < -0.4 is 0 Å². The standard InChI is InChI=1S/C12H32O2Si4/c1-2-3-4-7-11-17-14-18-12-9-6-5-8-10-16-13-15/h2H,1,3-12,16-18H2,15H3. The molecule has 6 heteroatoms. The van der Waals surface area contributed by atoms with Crippen molar-refractivity contribution in [3.05, 3.63) is 12.7 Å². The van der Waals surface area contributed by atoms with Gasteiger partial charge in [-0.1, -0.05) is 44.6 Å². The van der Waals surface area contributed by atoms with Gasteiger partial charge in [-0.3, -0.25) is 0 Å². The van der Waals surface area contributed by atoms with E-state index in [4.69, 9.17) is 8.23 Å². The summed E-state index contributed by atoms with van der Waals surface area (Å²) in [6.45, 7) is 3.74. The number of unbranched alkanes of at least 4 members (excludes halogenated alkanes) is 5. The Morgan fingerprint density at radius 2 is 1.39 bits per heavy atom. The van der Waals surface area contributed by atoms with Crippen LogP contribution in [-0.2, 0) is 8.23 Å². The van der Waals surface area contributed by atoms with Crippen molar-refractivity contribution in [3.8, 4) is 0 Å². The lowest BCUT2D eigenvalue weighted by molar-refractivity contribution is 0.607. The van der Waals surface area contributed by atoms with Gasteiger partial charge in [0.25, 0.3) is 0 Å². The molecule has 0 atom stereocenters. The first-order chi connectivity index (χ1) is 8.91. The Balaban J connectivity index is 2.88. The summed E-state index contributed by atoms with van der Waals surface area (Å²) in [5.41, 5.74) is 0. The maximum atomic E-state index is 5.90. The number of hydrogen-bond acceptors (Lipinski definition) is 2. The first-order valence-corrected chi connectivity index (χ1v) is 13.1. The zero-order chi connectivity index (χ0) is 13.3. The van der Waals surface area contributed by atoms with Crippen molar-refractivity contribution < 1.29 is 8.23 Å². The van der Waals surface area contributed by atoms with Crippen LogP contribution in [0, 0.1) is 0 Å². The highest BCUT2D eigenvalue weighted by Crippen LogP contribution is 2.06. The minimum Gasteiger partial charge on any atom is -0.468 e. The maximum Gasteiger partial charge on any atom is 0.146 e. The van der Waals surface area contributed by atoms with E-state index >= 15 is 0 Å². The molecule has 0 unspecified atom stereocenters. The van der Waals surface area contributed by atoms with Gasteiger partial charge in [0, 0.05) is 0 Å². The van der Waals surface area contributed by atoms with Gasteiger partial charge in [0.15, 0.2) is 0 Å². The summed E-state index contributed by atoms with van der Waals surface area (Å²) in [6.07, 6.45) is 11.6. The Bertz CT molecular complexity index is 170. The minimum atomic E-state index is -0.147. The molecular weight excluding hydrogens is 288 g/mol. The van der Waals surface area contributed by atoms with Crippen molar-refractivity contribution in [2.24, 2.45) is 0 Å². The lowest BCUT2D eigenvalue weighted by atomic mass is 10.2. The van der Waals surface area contributed by atoms with E-state index in [0.29, 0.717) is 0 Å². The molecule has 0 saturated heterocycles. The van der Waals surface area contributed by atoms with Crippen LogP contribution in [0.4, 0.5) is 0 Å². The summed E-state index contributed by atoms with van der Waals surface area (Å²) in [4.78, 5) is 0. The second-order valence-corrected chi connectivity index (χ2v) is 12.2. The topological polar surface area (TPSA) is 18.5 Å². The molecule has 0 aromatic heterocycles. The minimum absolute atomic E-state index is 0.0932. The molecule has 0 aromatic rings. The fourth-order valence-corrected chi connectivity index (χ4v) is 7.21. The van der Waals surface area contributed by atoms with Crippen LogP contribution in [0.2, 0.25) is 18.1 Å². The molecule has 0 aliphatic heterocycles. The molecule has 2 nitrogen and oxygen atoms in total. The fraction of sp³-hybridized carbons (Fsp3) is 0.833. The summed E-state index contributed by atoms with van der Waals surface area (Å²) >= 11 is 0. The molecule has 0 rings (SSSR count). The SMILES string of the molecule is C=CCCCC[SiH2]O[SiH2]CCCCCC[SiH2]O[SiH3]. The molecule has 0 fully saturated rings. The van der Waals surface area contributed by atoms with Gasteiger partial charge >= 0.3 is 0 Å². The maximum absolute atomic E-state index is 5.90. The molecule has 0 aromatic carbocycles. The molecule has 0 aliphatic rings. The Kier molecular flexibility index (Phi) is 18.0. The van der Waals surface area contributed by atoms with Crippen molar-refractivity contribution in [2.45, 2.75) is 63.1 Å². The van der Waals surface area contributed by atoms with Crippen LogP contribution in [0.15, 0.2) is 12.7 Å². The fourth-order valence-electron chi connectivity index (χ4n) is 1.93. The first-order valence-electron chi connectivity index (χ1n) is 7.59. The highest BCUT2D eigenvalue weighted by Gasteiger charge is 1.94. The first kappa shape index (κ1) is 18.5. The van der Waals surface area contributed by atoms with Gasteiger partial charge in [0.2, 0.25) is 0 Å². The summed E-state index contributed by atoms with van der Waals surface area (Å²) < 4.78 is 11.2. The lowest BCUT2D eigenvalue weighted by Gasteiger charge is -2.03. The monoisotopic (exact) mass is 320 g/mol. The second kappa shape index (κ2) is 17.5. The molecule has 0 heterocycles. The summed E-state index contributed by atoms with van der Waals surface area (Å²) in [5.74, 6) is 0. The Hall–Kier alpha value is 0.528. The van der Waals surface area contributed by atoms with Crippen molar-refractivity contribution in [1.82, 2.24) is 0 Å². The smallest absolute Gasteiger partial charge is 0.146 e. The third-order valence-electron chi connectivity index (χ3n) is 3.08. The Labute approximate surface area is 124 Å². The van der Waals surface area contributed by atoms with E-state index in [0.717, 1.165) is 10.5 Å². The number of rotatable bonds is 15. The Morgan fingerprint density at radius 1 is 0.833 bits per heavy atom. The molecule has 0 aliphatic carbocycles. The van der Waals surface area contributed by atoms with Crippen LogP contribution in [0.5, 0.6) is 0 Å². The largest absolute Gasteiger partial charge is 0.468 e. The van der Waals surface area contributed by atoms with E-state index in [1.54, 1.807) is 0 Å². The van der Waals surface area contributed by atoms with E-state index in [1.165, 1.54) is 63.1 Å². The highest BCUT2D eigenvalue weighted by molar-refractivity contribution is 6.42. The quantitative estimate of drug-likeness (QED) is 0.251. The van der Waals surface area contributed by atoms with Gasteiger partial charge in [-0.05, 0) is 24.6 Å².